The van der Waals surface area contributed by atoms with Crippen molar-refractivity contribution in [1.29, 1.82) is 0 Å². The van der Waals surface area contributed by atoms with Gasteiger partial charge in [-0.25, -0.2) is 0 Å². The SMILES string of the molecule is CCSc1nnc2c(n1)O[C@H](c1cc(Cl)ccc1OCc1ccccc1)Nc1ccc(Br)cc1-2. The lowest BCUT2D eigenvalue weighted by atomic mass is 10.1. The fourth-order valence-electron chi connectivity index (χ4n) is 3.59. The van der Waals surface area contributed by atoms with Crippen molar-refractivity contribution in [1.82, 2.24) is 15.2 Å². The first-order valence-corrected chi connectivity index (χ1v) is 12.8. The van der Waals surface area contributed by atoms with Crippen LogP contribution in [-0.4, -0.2) is 20.9 Å². The molecule has 1 aromatic heterocycles. The normalized spacial score (nSPS) is 14.3. The van der Waals surface area contributed by atoms with E-state index >= 15 is 0 Å². The number of anilines is 1. The molecule has 1 aliphatic heterocycles. The highest BCUT2D eigenvalue weighted by Gasteiger charge is 2.28. The van der Waals surface area contributed by atoms with Gasteiger partial charge in [-0.3, -0.25) is 0 Å². The molecule has 1 N–H and O–H groups in total. The molecular formula is C25H20BrClN4O2S. The number of nitrogens with zero attached hydrogens (tertiary/aromatic N) is 3. The molecule has 5 rings (SSSR count). The van der Waals surface area contributed by atoms with Crippen LogP contribution in [0, 0.1) is 0 Å². The van der Waals surface area contributed by atoms with Crippen LogP contribution < -0.4 is 14.8 Å². The molecule has 0 spiro atoms. The average molecular weight is 556 g/mol. The van der Waals surface area contributed by atoms with Crippen LogP contribution in [0.15, 0.2) is 76.4 Å². The molecule has 0 saturated carbocycles. The number of halogens is 2. The third kappa shape index (κ3) is 4.99. The van der Waals surface area contributed by atoms with Crippen molar-refractivity contribution < 1.29 is 9.47 Å². The first kappa shape index (κ1) is 23.0. The van der Waals surface area contributed by atoms with Crippen molar-refractivity contribution in [2.75, 3.05) is 11.1 Å². The lowest BCUT2D eigenvalue weighted by Gasteiger charge is -2.22. The Balaban J connectivity index is 1.56. The topological polar surface area (TPSA) is 69.2 Å². The maximum atomic E-state index is 6.41. The van der Waals surface area contributed by atoms with E-state index in [0.717, 1.165) is 32.6 Å². The van der Waals surface area contributed by atoms with Crippen LogP contribution in [0.5, 0.6) is 11.6 Å². The molecule has 0 amide bonds. The summed E-state index contributed by atoms with van der Waals surface area (Å²) in [6.07, 6.45) is -0.609. The Bertz CT molecular complexity index is 1330. The Labute approximate surface area is 215 Å². The van der Waals surface area contributed by atoms with Gasteiger partial charge in [0.25, 0.3) is 0 Å². The van der Waals surface area contributed by atoms with Gasteiger partial charge >= 0.3 is 0 Å². The predicted octanol–water partition coefficient (Wildman–Crippen LogP) is 7.15. The number of ether oxygens (including phenoxy) is 2. The Morgan fingerprint density at radius 1 is 1.09 bits per heavy atom. The molecule has 2 heterocycles. The molecule has 6 nitrogen and oxygen atoms in total. The van der Waals surface area contributed by atoms with Gasteiger partial charge in [-0.2, -0.15) is 4.98 Å². The van der Waals surface area contributed by atoms with Crippen molar-refractivity contribution in [2.45, 2.75) is 24.9 Å². The molecular weight excluding hydrogens is 536 g/mol. The van der Waals surface area contributed by atoms with Gasteiger partial charge in [0.1, 0.15) is 12.4 Å². The maximum absolute atomic E-state index is 6.41. The van der Waals surface area contributed by atoms with Gasteiger partial charge in [0, 0.05) is 20.7 Å². The zero-order valence-electron chi connectivity index (χ0n) is 18.2. The molecule has 0 fully saturated rings. The second kappa shape index (κ2) is 10.2. The van der Waals surface area contributed by atoms with Crippen LogP contribution in [0.4, 0.5) is 5.69 Å². The third-order valence-corrected chi connectivity index (χ3v) is 6.60. The van der Waals surface area contributed by atoms with Gasteiger partial charge in [-0.1, -0.05) is 76.5 Å². The van der Waals surface area contributed by atoms with Gasteiger partial charge < -0.3 is 14.8 Å². The molecule has 172 valence electrons. The number of aromatic nitrogens is 3. The first-order valence-electron chi connectivity index (χ1n) is 10.7. The lowest BCUT2D eigenvalue weighted by Crippen LogP contribution is -2.18. The lowest BCUT2D eigenvalue weighted by molar-refractivity contribution is 0.214. The van der Waals surface area contributed by atoms with Crippen molar-refractivity contribution >= 4 is 45.0 Å². The second-order valence-electron chi connectivity index (χ2n) is 7.47. The Hall–Kier alpha value is -2.81. The van der Waals surface area contributed by atoms with E-state index in [1.54, 1.807) is 6.07 Å². The highest BCUT2D eigenvalue weighted by Crippen LogP contribution is 2.42. The van der Waals surface area contributed by atoms with Crippen molar-refractivity contribution in [3.8, 4) is 22.9 Å². The van der Waals surface area contributed by atoms with Gasteiger partial charge in [0.2, 0.25) is 17.3 Å². The van der Waals surface area contributed by atoms with Gasteiger partial charge in [0.05, 0.1) is 5.56 Å². The predicted molar refractivity (Wildman–Crippen MR) is 139 cm³/mol. The third-order valence-electron chi connectivity index (χ3n) is 5.15. The quantitative estimate of drug-likeness (QED) is 0.253. The minimum atomic E-state index is -0.609. The number of hydrogen-bond donors (Lipinski definition) is 1. The number of nitrogens with one attached hydrogen (secondary N) is 1. The zero-order valence-corrected chi connectivity index (χ0v) is 21.3. The largest absolute Gasteiger partial charge is 0.488 e. The smallest absolute Gasteiger partial charge is 0.247 e. The number of fused-ring (bicyclic) bond motifs is 3. The van der Waals surface area contributed by atoms with E-state index in [1.807, 2.05) is 67.6 Å². The molecule has 0 radical (unpaired) electrons. The monoisotopic (exact) mass is 554 g/mol. The van der Waals surface area contributed by atoms with Crippen LogP contribution in [-0.2, 0) is 6.61 Å². The summed E-state index contributed by atoms with van der Waals surface area (Å²) < 4.78 is 13.5. The van der Waals surface area contributed by atoms with Gasteiger partial charge in [-0.15, -0.1) is 10.2 Å². The van der Waals surface area contributed by atoms with Gasteiger partial charge in [0.15, 0.2) is 5.69 Å². The minimum Gasteiger partial charge on any atom is -0.488 e. The van der Waals surface area contributed by atoms with E-state index in [1.165, 1.54) is 11.8 Å². The molecule has 0 unspecified atom stereocenters. The summed E-state index contributed by atoms with van der Waals surface area (Å²) in [6.45, 7) is 2.46. The fourth-order valence-corrected chi connectivity index (χ4v) is 4.64. The molecule has 34 heavy (non-hydrogen) atoms. The summed E-state index contributed by atoms with van der Waals surface area (Å²) in [5.41, 5.74) is 4.08. The standard InChI is InChI=1S/C25H20BrClN4O2S/c1-2-34-25-29-24-22(30-31-25)18-12-16(26)8-10-20(18)28-23(33-24)19-13-17(27)9-11-21(19)32-14-15-6-4-3-5-7-15/h3-13,23,28H,2,14H2,1H3/t23-/m1/s1. The average Bonchev–Trinajstić information content (AvgIpc) is 3.00. The van der Waals surface area contributed by atoms with Crippen LogP contribution in [0.25, 0.3) is 11.3 Å². The van der Waals surface area contributed by atoms with E-state index < -0.39 is 6.23 Å². The number of rotatable bonds is 6. The van der Waals surface area contributed by atoms with E-state index in [0.29, 0.717) is 34.1 Å². The highest BCUT2D eigenvalue weighted by molar-refractivity contribution is 9.10. The van der Waals surface area contributed by atoms with Crippen molar-refractivity contribution in [2.24, 2.45) is 0 Å². The van der Waals surface area contributed by atoms with E-state index in [2.05, 4.69) is 36.4 Å². The molecule has 0 aliphatic carbocycles. The second-order valence-corrected chi connectivity index (χ2v) is 10.1. The van der Waals surface area contributed by atoms with Crippen LogP contribution >= 0.6 is 39.3 Å². The fraction of sp³-hybridized carbons (Fsp3) is 0.160. The Morgan fingerprint density at radius 2 is 1.94 bits per heavy atom. The summed E-state index contributed by atoms with van der Waals surface area (Å²) in [4.78, 5) is 4.65. The summed E-state index contributed by atoms with van der Waals surface area (Å²) in [5, 5.41) is 13.3. The highest BCUT2D eigenvalue weighted by atomic mass is 79.9. The van der Waals surface area contributed by atoms with Crippen LogP contribution in [0.3, 0.4) is 0 Å². The molecule has 1 atom stereocenters. The van der Waals surface area contributed by atoms with E-state index in [4.69, 9.17) is 21.1 Å². The number of hydrogen-bond acceptors (Lipinski definition) is 7. The minimum absolute atomic E-state index is 0.397. The molecule has 1 aliphatic rings. The molecule has 9 heteroatoms. The Kier molecular flexibility index (Phi) is 6.89. The van der Waals surface area contributed by atoms with Gasteiger partial charge in [-0.05, 0) is 47.7 Å². The summed E-state index contributed by atoms with van der Waals surface area (Å²) in [5.74, 6) is 1.89. The molecule has 3 aromatic carbocycles. The molecule has 0 bridgehead atoms. The molecule has 4 aromatic rings. The zero-order chi connectivity index (χ0) is 23.5. The maximum Gasteiger partial charge on any atom is 0.247 e. The number of thioether (sulfide) groups is 1. The van der Waals surface area contributed by atoms with Crippen LogP contribution in [0.1, 0.15) is 24.3 Å². The van der Waals surface area contributed by atoms with Crippen molar-refractivity contribution in [3.05, 3.63) is 87.4 Å². The van der Waals surface area contributed by atoms with E-state index in [-0.39, 0.29) is 0 Å². The molecule has 0 saturated heterocycles. The number of benzene rings is 3. The summed E-state index contributed by atoms with van der Waals surface area (Å²) >= 11 is 11.5. The van der Waals surface area contributed by atoms with E-state index in [9.17, 15) is 0 Å². The Morgan fingerprint density at radius 3 is 2.76 bits per heavy atom. The van der Waals surface area contributed by atoms with Crippen molar-refractivity contribution in [3.63, 3.8) is 0 Å². The summed E-state index contributed by atoms with van der Waals surface area (Å²) in [7, 11) is 0. The van der Waals surface area contributed by atoms with Crippen LogP contribution in [0.2, 0.25) is 5.02 Å². The summed E-state index contributed by atoms with van der Waals surface area (Å²) in [6, 6.07) is 21.4. The first-order chi connectivity index (χ1) is 16.6.